The average Bonchev–Trinajstić information content (AvgIpc) is 3.83. The van der Waals surface area contributed by atoms with Gasteiger partial charge in [0, 0.05) is 32.0 Å². The average molecular weight is 594 g/mol. The van der Waals surface area contributed by atoms with Gasteiger partial charge < -0.3 is 25.0 Å². The Kier molecular flexibility index (Phi) is 7.55. The largest absolute Gasteiger partial charge is 0.367 e. The first-order valence-corrected chi connectivity index (χ1v) is 15.6. The number of amides is 1. The topological polar surface area (TPSA) is 106 Å². The highest BCUT2D eigenvalue weighted by Crippen LogP contribution is 2.41. The van der Waals surface area contributed by atoms with Crippen LogP contribution >= 0.6 is 0 Å². The van der Waals surface area contributed by atoms with Crippen LogP contribution in [0.2, 0.25) is 0 Å². The summed E-state index contributed by atoms with van der Waals surface area (Å²) in [7, 11) is 0. The van der Waals surface area contributed by atoms with Gasteiger partial charge in [-0.1, -0.05) is 67.6 Å². The zero-order valence-electron chi connectivity index (χ0n) is 25.4. The molecule has 0 bridgehead atoms. The Morgan fingerprint density at radius 1 is 1.00 bits per heavy atom. The molecule has 0 saturated carbocycles. The van der Waals surface area contributed by atoms with E-state index in [1.165, 1.54) is 11.1 Å². The minimum atomic E-state index is -0.785. The second-order valence-corrected chi connectivity index (χ2v) is 12.2. The number of aromatic nitrogens is 4. The minimum Gasteiger partial charge on any atom is -0.367 e. The van der Waals surface area contributed by atoms with E-state index in [1.807, 2.05) is 43.5 Å². The fourth-order valence-corrected chi connectivity index (χ4v) is 6.54. The third-order valence-corrected chi connectivity index (χ3v) is 8.70. The number of ether oxygens (including phenoxy) is 2. The number of nitrogens with one attached hydrogen (secondary N) is 2. The molecule has 2 aromatic carbocycles. The predicted molar refractivity (Wildman–Crippen MR) is 170 cm³/mol. The van der Waals surface area contributed by atoms with Gasteiger partial charge in [-0.3, -0.25) is 9.36 Å². The molecule has 0 radical (unpaired) electrons. The molecule has 0 spiro atoms. The number of hydrogen-bond donors (Lipinski definition) is 2. The molecule has 2 saturated heterocycles. The van der Waals surface area contributed by atoms with E-state index >= 15 is 0 Å². The van der Waals surface area contributed by atoms with E-state index in [-0.39, 0.29) is 30.1 Å². The quantitative estimate of drug-likeness (QED) is 0.281. The summed E-state index contributed by atoms with van der Waals surface area (Å²) in [6, 6.07) is 20.8. The lowest BCUT2D eigenvalue weighted by atomic mass is 9.91. The third kappa shape index (κ3) is 5.44. The van der Waals surface area contributed by atoms with Crippen molar-refractivity contribution in [1.29, 1.82) is 0 Å². The molecular weight excluding hydrogens is 554 g/mol. The van der Waals surface area contributed by atoms with Crippen molar-refractivity contribution in [2.75, 3.05) is 29.9 Å². The van der Waals surface area contributed by atoms with Crippen molar-refractivity contribution >= 4 is 34.5 Å². The van der Waals surface area contributed by atoms with Gasteiger partial charge in [0.1, 0.15) is 18.5 Å². The van der Waals surface area contributed by atoms with Crippen LogP contribution in [0.5, 0.6) is 0 Å². The molecule has 2 aliphatic heterocycles. The molecule has 0 unspecified atom stereocenters. The summed E-state index contributed by atoms with van der Waals surface area (Å²) in [5.41, 5.74) is 4.69. The lowest BCUT2D eigenvalue weighted by molar-refractivity contribution is -0.146. The molecule has 2 fully saturated rings. The van der Waals surface area contributed by atoms with E-state index in [4.69, 9.17) is 24.4 Å². The summed E-state index contributed by atoms with van der Waals surface area (Å²) in [6.07, 6.45) is 5.69. The fraction of sp³-hybridized carbons (Fsp3) is 0.412. The first-order valence-electron chi connectivity index (χ1n) is 15.6. The zero-order chi connectivity index (χ0) is 30.3. The monoisotopic (exact) mass is 593 g/mol. The molecule has 4 heterocycles. The minimum absolute atomic E-state index is 0.0356. The molecule has 10 nitrogen and oxygen atoms in total. The summed E-state index contributed by atoms with van der Waals surface area (Å²) in [6.45, 7) is 8.12. The number of carbonyl (C=O) groups is 1. The second kappa shape index (κ2) is 11.7. The number of imidazole rings is 1. The van der Waals surface area contributed by atoms with Crippen LogP contribution in [0, 0.1) is 0 Å². The van der Waals surface area contributed by atoms with Gasteiger partial charge in [-0.05, 0) is 43.9 Å². The highest BCUT2D eigenvalue weighted by molar-refractivity contribution is 5.87. The SMILES string of the molecule is CCC(=O)N[C@H]1C=C(n2cnc3c(NCC(c4ccccc4)c4ccccc4)nc(N4CCCC4)nc32)[C@@H]2OC(C)(C)O[C@H]12. The number of anilines is 2. The fourth-order valence-electron chi connectivity index (χ4n) is 6.54. The van der Waals surface area contributed by atoms with Crippen molar-refractivity contribution in [3.05, 3.63) is 84.2 Å². The molecule has 3 atom stereocenters. The molecule has 10 heteroatoms. The maximum atomic E-state index is 12.4. The summed E-state index contributed by atoms with van der Waals surface area (Å²) < 4.78 is 14.6. The first kappa shape index (κ1) is 28.5. The van der Waals surface area contributed by atoms with Crippen molar-refractivity contribution in [2.45, 2.75) is 70.0 Å². The molecule has 2 aromatic heterocycles. The van der Waals surface area contributed by atoms with E-state index in [1.54, 1.807) is 6.33 Å². The van der Waals surface area contributed by atoms with Crippen molar-refractivity contribution in [3.8, 4) is 0 Å². The number of carbonyl (C=O) groups excluding carboxylic acids is 1. The maximum absolute atomic E-state index is 12.4. The van der Waals surface area contributed by atoms with Crippen molar-refractivity contribution in [1.82, 2.24) is 24.8 Å². The maximum Gasteiger partial charge on any atom is 0.229 e. The third-order valence-electron chi connectivity index (χ3n) is 8.70. The lowest BCUT2D eigenvalue weighted by Gasteiger charge is -2.21. The molecule has 228 valence electrons. The van der Waals surface area contributed by atoms with E-state index < -0.39 is 5.79 Å². The number of fused-ring (bicyclic) bond motifs is 2. The molecule has 3 aliphatic rings. The Balaban J connectivity index is 1.28. The molecule has 7 rings (SSSR count). The second-order valence-electron chi connectivity index (χ2n) is 12.2. The van der Waals surface area contributed by atoms with Gasteiger partial charge in [0.05, 0.1) is 11.7 Å². The van der Waals surface area contributed by atoms with E-state index in [9.17, 15) is 4.79 Å². The van der Waals surface area contributed by atoms with Gasteiger partial charge in [0.25, 0.3) is 0 Å². The van der Waals surface area contributed by atoms with Crippen LogP contribution in [0.1, 0.15) is 57.1 Å². The van der Waals surface area contributed by atoms with E-state index in [0.29, 0.717) is 35.9 Å². The van der Waals surface area contributed by atoms with E-state index in [0.717, 1.165) is 31.6 Å². The first-order chi connectivity index (χ1) is 21.4. The highest BCUT2D eigenvalue weighted by Gasteiger charge is 2.51. The van der Waals surface area contributed by atoms with E-state index in [2.05, 4.69) is 64.1 Å². The summed E-state index contributed by atoms with van der Waals surface area (Å²) in [5, 5.41) is 6.77. The predicted octanol–water partition coefficient (Wildman–Crippen LogP) is 4.94. The van der Waals surface area contributed by atoms with Gasteiger partial charge in [-0.2, -0.15) is 9.97 Å². The van der Waals surface area contributed by atoms with Crippen LogP contribution in [0.3, 0.4) is 0 Å². The van der Waals surface area contributed by atoms with Crippen LogP contribution in [0.25, 0.3) is 16.9 Å². The Bertz CT molecular complexity index is 1620. The molecule has 1 amide bonds. The summed E-state index contributed by atoms with van der Waals surface area (Å²) in [5.74, 6) is 0.679. The Morgan fingerprint density at radius 2 is 1.68 bits per heavy atom. The smallest absolute Gasteiger partial charge is 0.229 e. The number of nitrogens with zero attached hydrogens (tertiary/aromatic N) is 5. The normalized spacial score (nSPS) is 22.4. The number of hydrogen-bond acceptors (Lipinski definition) is 8. The summed E-state index contributed by atoms with van der Waals surface area (Å²) in [4.78, 5) is 29.6. The van der Waals surface area contributed by atoms with Crippen LogP contribution < -0.4 is 15.5 Å². The van der Waals surface area contributed by atoms with Gasteiger partial charge in [-0.15, -0.1) is 0 Å². The van der Waals surface area contributed by atoms with Crippen LogP contribution in [0.15, 0.2) is 73.1 Å². The molecule has 44 heavy (non-hydrogen) atoms. The Labute approximate surface area is 257 Å². The van der Waals surface area contributed by atoms with Gasteiger partial charge in [-0.25, -0.2) is 4.98 Å². The highest BCUT2D eigenvalue weighted by atomic mass is 16.8. The van der Waals surface area contributed by atoms with Crippen LogP contribution in [0.4, 0.5) is 11.8 Å². The van der Waals surface area contributed by atoms with Gasteiger partial charge >= 0.3 is 0 Å². The van der Waals surface area contributed by atoms with Gasteiger partial charge in [0.15, 0.2) is 22.8 Å². The van der Waals surface area contributed by atoms with Crippen molar-refractivity contribution < 1.29 is 14.3 Å². The number of benzene rings is 2. The van der Waals surface area contributed by atoms with Crippen LogP contribution in [-0.4, -0.2) is 69.1 Å². The molecule has 2 N–H and O–H groups in total. The van der Waals surface area contributed by atoms with Crippen molar-refractivity contribution in [3.63, 3.8) is 0 Å². The van der Waals surface area contributed by atoms with Gasteiger partial charge in [0.2, 0.25) is 11.9 Å². The standard InChI is InChI=1S/C34H39N7O3/c1-4-27(42)37-25-19-26(30-29(25)43-34(2,3)44-30)41-21-36-28-31(38-33(39-32(28)41)40-17-11-12-18-40)35-20-24(22-13-7-5-8-14-22)23-15-9-6-10-16-23/h5-10,13-16,19,21,24-25,29-30H,4,11-12,17-18,20H2,1-3H3,(H,37,42)(H,35,38,39)/t25-,29+,30-/m0/s1. The zero-order valence-corrected chi connectivity index (χ0v) is 25.4. The van der Waals surface area contributed by atoms with Crippen molar-refractivity contribution in [2.24, 2.45) is 0 Å². The Morgan fingerprint density at radius 3 is 2.34 bits per heavy atom. The summed E-state index contributed by atoms with van der Waals surface area (Å²) >= 11 is 0. The molecule has 4 aromatic rings. The molecule has 1 aliphatic carbocycles. The van der Waals surface area contributed by atoms with Crippen LogP contribution in [-0.2, 0) is 14.3 Å². The lowest BCUT2D eigenvalue weighted by Crippen LogP contribution is -2.43. The number of rotatable bonds is 9. The Hall–Kier alpha value is -4.28. The molecular formula is C34H39N7O3.